The van der Waals surface area contributed by atoms with Gasteiger partial charge in [0.2, 0.25) is 10.0 Å². The number of nitrogens with one attached hydrogen (secondary N) is 2. The Kier molecular flexibility index (Phi) is 3.40. The smallest absolute Gasteiger partial charge is 0.408 e. The van der Waals surface area contributed by atoms with Crippen LogP contribution < -0.4 is 10.5 Å². The first kappa shape index (κ1) is 14.0. The Morgan fingerprint density at radius 3 is 2.95 bits per heavy atom. The van der Waals surface area contributed by atoms with Gasteiger partial charge in [-0.25, -0.2) is 22.9 Å². The molecular formula is C12H11N3O4S2. The molecule has 0 aliphatic rings. The van der Waals surface area contributed by atoms with E-state index in [1.165, 1.54) is 29.5 Å². The topological polar surface area (TPSA) is 105 Å². The third kappa shape index (κ3) is 2.89. The van der Waals surface area contributed by atoms with Crippen LogP contribution in [0.3, 0.4) is 0 Å². The maximum absolute atomic E-state index is 12.2. The van der Waals surface area contributed by atoms with E-state index in [9.17, 15) is 13.2 Å². The highest BCUT2D eigenvalue weighted by Gasteiger charge is 2.16. The number of aryl methyl sites for hydroxylation is 1. The van der Waals surface area contributed by atoms with Crippen molar-refractivity contribution in [3.05, 3.63) is 44.8 Å². The minimum atomic E-state index is -3.69. The second-order valence-electron chi connectivity index (χ2n) is 4.36. The standard InChI is InChI=1S/C12H11N3O4S2/c1-7-5-13-11(20-7)6-14-21(17,18)8-2-3-9-10(4-8)19-12(16)15-9/h2-5,14H,6H2,1H3,(H,15,16). The molecule has 7 nitrogen and oxygen atoms in total. The van der Waals surface area contributed by atoms with Crippen LogP contribution in [-0.2, 0) is 16.6 Å². The van der Waals surface area contributed by atoms with Gasteiger partial charge in [0.15, 0.2) is 5.58 Å². The molecule has 0 spiro atoms. The van der Waals surface area contributed by atoms with Gasteiger partial charge < -0.3 is 4.42 Å². The van der Waals surface area contributed by atoms with Crippen molar-refractivity contribution < 1.29 is 12.8 Å². The lowest BCUT2D eigenvalue weighted by Gasteiger charge is -2.04. The highest BCUT2D eigenvalue weighted by Crippen LogP contribution is 2.17. The van der Waals surface area contributed by atoms with Crippen molar-refractivity contribution in [3.8, 4) is 0 Å². The van der Waals surface area contributed by atoms with E-state index in [1.807, 2.05) is 6.92 Å². The van der Waals surface area contributed by atoms with Crippen molar-refractivity contribution in [2.75, 3.05) is 0 Å². The zero-order valence-electron chi connectivity index (χ0n) is 10.9. The molecule has 2 aromatic heterocycles. The second kappa shape index (κ2) is 5.10. The summed E-state index contributed by atoms with van der Waals surface area (Å²) in [5.41, 5.74) is 0.655. The van der Waals surface area contributed by atoms with E-state index in [0.29, 0.717) is 10.5 Å². The van der Waals surface area contributed by atoms with Crippen LogP contribution in [0.5, 0.6) is 0 Å². The average Bonchev–Trinajstić information content (AvgIpc) is 3.00. The molecule has 110 valence electrons. The Bertz CT molecular complexity index is 952. The van der Waals surface area contributed by atoms with Crippen molar-refractivity contribution in [3.63, 3.8) is 0 Å². The van der Waals surface area contributed by atoms with Gasteiger partial charge in [0.05, 0.1) is 17.0 Å². The van der Waals surface area contributed by atoms with E-state index >= 15 is 0 Å². The Balaban J connectivity index is 1.86. The fourth-order valence-electron chi connectivity index (χ4n) is 1.82. The number of rotatable bonds is 4. The lowest BCUT2D eigenvalue weighted by atomic mass is 10.3. The van der Waals surface area contributed by atoms with Crippen LogP contribution in [0.4, 0.5) is 0 Å². The number of hydrogen-bond acceptors (Lipinski definition) is 6. The van der Waals surface area contributed by atoms with Gasteiger partial charge in [0.25, 0.3) is 0 Å². The summed E-state index contributed by atoms with van der Waals surface area (Å²) in [6.07, 6.45) is 1.69. The third-order valence-corrected chi connectivity index (χ3v) is 5.10. The zero-order chi connectivity index (χ0) is 15.0. The van der Waals surface area contributed by atoms with Crippen LogP contribution in [0.1, 0.15) is 9.88 Å². The summed E-state index contributed by atoms with van der Waals surface area (Å²) in [7, 11) is -3.69. The molecule has 0 fully saturated rings. The molecule has 3 rings (SSSR count). The van der Waals surface area contributed by atoms with Crippen LogP contribution in [0.25, 0.3) is 11.1 Å². The van der Waals surface area contributed by atoms with Crippen LogP contribution in [0.2, 0.25) is 0 Å². The molecule has 9 heteroatoms. The number of sulfonamides is 1. The van der Waals surface area contributed by atoms with Crippen LogP contribution >= 0.6 is 11.3 Å². The SMILES string of the molecule is Cc1cnc(CNS(=O)(=O)c2ccc3[nH]c(=O)oc3c2)s1. The number of oxazole rings is 1. The van der Waals surface area contributed by atoms with E-state index in [4.69, 9.17) is 4.42 Å². The second-order valence-corrected chi connectivity index (χ2v) is 7.45. The number of benzene rings is 1. The van der Waals surface area contributed by atoms with Gasteiger partial charge in [-0.2, -0.15) is 0 Å². The summed E-state index contributed by atoms with van der Waals surface area (Å²) in [5.74, 6) is -0.620. The van der Waals surface area contributed by atoms with E-state index in [2.05, 4.69) is 14.7 Å². The molecule has 0 atom stereocenters. The summed E-state index contributed by atoms with van der Waals surface area (Å²) < 4.78 is 31.7. The molecule has 0 aliphatic heterocycles. The highest BCUT2D eigenvalue weighted by molar-refractivity contribution is 7.89. The normalized spacial score (nSPS) is 12.0. The molecule has 0 saturated carbocycles. The lowest BCUT2D eigenvalue weighted by molar-refractivity contribution is 0.553. The molecule has 0 unspecified atom stereocenters. The first-order chi connectivity index (χ1) is 9.94. The van der Waals surface area contributed by atoms with Crippen LogP contribution in [-0.4, -0.2) is 18.4 Å². The van der Waals surface area contributed by atoms with Gasteiger partial charge in [0, 0.05) is 17.1 Å². The molecule has 3 aromatic rings. The van der Waals surface area contributed by atoms with Crippen molar-refractivity contribution in [1.82, 2.24) is 14.7 Å². The summed E-state index contributed by atoms with van der Waals surface area (Å²) >= 11 is 1.43. The quantitative estimate of drug-likeness (QED) is 0.753. The molecule has 21 heavy (non-hydrogen) atoms. The fourth-order valence-corrected chi connectivity index (χ4v) is 3.64. The Morgan fingerprint density at radius 2 is 2.24 bits per heavy atom. The number of hydrogen-bond donors (Lipinski definition) is 2. The molecule has 2 heterocycles. The molecule has 0 bridgehead atoms. The Hall–Kier alpha value is -1.97. The first-order valence-corrected chi connectivity index (χ1v) is 8.28. The fraction of sp³-hybridized carbons (Fsp3) is 0.167. The van der Waals surface area contributed by atoms with Gasteiger partial charge in [0.1, 0.15) is 5.01 Å². The Morgan fingerprint density at radius 1 is 1.43 bits per heavy atom. The molecule has 1 aromatic carbocycles. The molecule has 0 radical (unpaired) electrons. The minimum Gasteiger partial charge on any atom is -0.408 e. The van der Waals surface area contributed by atoms with Crippen LogP contribution in [0.15, 0.2) is 38.5 Å². The third-order valence-electron chi connectivity index (χ3n) is 2.79. The molecule has 0 aliphatic carbocycles. The monoisotopic (exact) mass is 325 g/mol. The number of aromatic nitrogens is 2. The van der Waals surface area contributed by atoms with Crippen molar-refractivity contribution >= 4 is 32.5 Å². The molecule has 2 N–H and O–H groups in total. The van der Waals surface area contributed by atoms with Crippen molar-refractivity contribution in [2.45, 2.75) is 18.4 Å². The van der Waals surface area contributed by atoms with Gasteiger partial charge in [-0.05, 0) is 19.1 Å². The Labute approximate surface area is 123 Å². The summed E-state index contributed by atoms with van der Waals surface area (Å²) in [4.78, 5) is 18.7. The lowest BCUT2D eigenvalue weighted by Crippen LogP contribution is -2.23. The van der Waals surface area contributed by atoms with E-state index in [-0.39, 0.29) is 17.0 Å². The maximum Gasteiger partial charge on any atom is 0.417 e. The van der Waals surface area contributed by atoms with Crippen LogP contribution in [0, 0.1) is 6.92 Å². The van der Waals surface area contributed by atoms with Gasteiger partial charge in [-0.1, -0.05) is 0 Å². The van der Waals surface area contributed by atoms with E-state index in [0.717, 1.165) is 4.88 Å². The van der Waals surface area contributed by atoms with E-state index in [1.54, 1.807) is 6.20 Å². The maximum atomic E-state index is 12.2. The predicted octanol–water partition coefficient (Wildman–Crippen LogP) is 1.36. The minimum absolute atomic E-state index is 0.0334. The molecule has 0 saturated heterocycles. The van der Waals surface area contributed by atoms with Crippen molar-refractivity contribution in [1.29, 1.82) is 0 Å². The van der Waals surface area contributed by atoms with Crippen molar-refractivity contribution in [2.24, 2.45) is 0 Å². The van der Waals surface area contributed by atoms with Gasteiger partial charge in [-0.3, -0.25) is 4.98 Å². The van der Waals surface area contributed by atoms with E-state index < -0.39 is 15.8 Å². The molecule has 0 amide bonds. The molecular weight excluding hydrogens is 314 g/mol. The summed E-state index contributed by atoms with van der Waals surface area (Å²) in [5, 5.41) is 0.685. The average molecular weight is 325 g/mol. The number of fused-ring (bicyclic) bond motifs is 1. The predicted molar refractivity (Wildman–Crippen MR) is 77.7 cm³/mol. The first-order valence-electron chi connectivity index (χ1n) is 5.98. The zero-order valence-corrected chi connectivity index (χ0v) is 12.5. The van der Waals surface area contributed by atoms with Gasteiger partial charge >= 0.3 is 5.76 Å². The highest BCUT2D eigenvalue weighted by atomic mass is 32.2. The number of H-pyrrole nitrogens is 1. The summed E-state index contributed by atoms with van der Waals surface area (Å²) in [6.45, 7) is 2.02. The number of aromatic amines is 1. The number of thiazole rings is 1. The number of nitrogens with zero attached hydrogens (tertiary/aromatic N) is 1. The summed E-state index contributed by atoms with van der Waals surface area (Å²) in [6, 6.07) is 4.20. The largest absolute Gasteiger partial charge is 0.417 e. The van der Waals surface area contributed by atoms with Gasteiger partial charge in [-0.15, -0.1) is 11.3 Å².